The van der Waals surface area contributed by atoms with Crippen molar-refractivity contribution in [1.29, 1.82) is 0 Å². The van der Waals surface area contributed by atoms with Crippen molar-refractivity contribution in [1.82, 2.24) is 4.90 Å². The van der Waals surface area contributed by atoms with Crippen LogP contribution in [0.4, 0.5) is 0 Å². The summed E-state index contributed by atoms with van der Waals surface area (Å²) in [6.45, 7) is 15.1. The normalized spacial score (nSPS) is 19.8. The molecule has 1 amide bonds. The number of rotatable bonds is 16. The van der Waals surface area contributed by atoms with Crippen molar-refractivity contribution in [2.75, 3.05) is 0 Å². The first-order chi connectivity index (χ1) is 15.6. The van der Waals surface area contributed by atoms with E-state index in [-0.39, 0.29) is 12.0 Å². The van der Waals surface area contributed by atoms with Gasteiger partial charge < -0.3 is 0 Å². The zero-order valence-electron chi connectivity index (χ0n) is 21.0. The quantitative estimate of drug-likeness (QED) is 0.151. The van der Waals surface area contributed by atoms with Gasteiger partial charge in [0.1, 0.15) is 0 Å². The molecule has 1 aliphatic heterocycles. The standard InChI is InChI=1S/C17H20NO.3C4H9.Sn/c1-3-8-15-12-13-18(17(15)19)16(9-4-2)14-10-6-5-7-11-14;3*1-3-4-2;/h3-7,10-11,13,15-16H,1-2,8-9,12H2;3*1,3-4H2,2H3;/t15-,16?;;;;/m1..../s1. The first kappa shape index (κ1) is 27.2. The van der Waals surface area contributed by atoms with Gasteiger partial charge in [0, 0.05) is 0 Å². The number of nitrogens with zero attached hydrogens (tertiary/aromatic N) is 1. The van der Waals surface area contributed by atoms with Gasteiger partial charge in [-0.2, -0.15) is 0 Å². The van der Waals surface area contributed by atoms with Gasteiger partial charge in [0.05, 0.1) is 0 Å². The average molecular weight is 544 g/mol. The molecule has 1 aromatic rings. The van der Waals surface area contributed by atoms with E-state index in [0.717, 1.165) is 19.3 Å². The summed E-state index contributed by atoms with van der Waals surface area (Å²) >= 11 is -2.66. The van der Waals surface area contributed by atoms with Crippen molar-refractivity contribution < 1.29 is 4.79 Å². The second-order valence-electron chi connectivity index (χ2n) is 9.84. The molecule has 1 heterocycles. The molecule has 2 rings (SSSR count). The van der Waals surface area contributed by atoms with Gasteiger partial charge in [0.15, 0.2) is 0 Å². The fraction of sp³-hybridized carbons (Fsp3) is 0.621. The van der Waals surface area contributed by atoms with E-state index in [1.54, 1.807) is 0 Å². The SMILES string of the molecule is C=CCC(c1ccccc1)N1C(=O)[C@H](CC=C)C[C@H]1[Sn]([CH2]CCC)([CH2]CCC)[CH2]CCC. The Bertz CT molecular complexity index is 679. The van der Waals surface area contributed by atoms with Crippen LogP contribution in [0.1, 0.15) is 90.2 Å². The molecular weight excluding hydrogens is 497 g/mol. The molecule has 0 bridgehead atoms. The van der Waals surface area contributed by atoms with Gasteiger partial charge in [-0.1, -0.05) is 0 Å². The fourth-order valence-electron chi connectivity index (χ4n) is 5.87. The van der Waals surface area contributed by atoms with Crippen LogP contribution in [-0.4, -0.2) is 33.2 Å². The number of likely N-dealkylation sites (tertiary alicyclic amines) is 1. The van der Waals surface area contributed by atoms with Crippen LogP contribution in [0, 0.1) is 5.92 Å². The Balaban J connectivity index is 2.57. The fourth-order valence-corrected chi connectivity index (χ4v) is 24.7. The Morgan fingerprint density at radius 3 is 2.00 bits per heavy atom. The molecule has 0 aliphatic carbocycles. The summed E-state index contributed by atoms with van der Waals surface area (Å²) in [5.41, 5.74) is 1.27. The number of allylic oxidation sites excluding steroid dienone is 1. The molecule has 0 radical (unpaired) electrons. The summed E-state index contributed by atoms with van der Waals surface area (Å²) in [4.78, 5) is 16.4. The molecule has 0 N–H and O–H groups in total. The molecule has 32 heavy (non-hydrogen) atoms. The summed E-state index contributed by atoms with van der Waals surface area (Å²) < 4.78 is 4.83. The van der Waals surface area contributed by atoms with E-state index in [9.17, 15) is 4.79 Å². The van der Waals surface area contributed by atoms with E-state index >= 15 is 0 Å². The Hall–Kier alpha value is -1.03. The van der Waals surface area contributed by atoms with E-state index in [4.69, 9.17) is 0 Å². The molecular formula is C29H47NOSn. The molecule has 2 nitrogen and oxygen atoms in total. The number of amides is 1. The van der Waals surface area contributed by atoms with Gasteiger partial charge in [-0.25, -0.2) is 0 Å². The number of benzene rings is 1. The summed E-state index contributed by atoms with van der Waals surface area (Å²) in [5, 5.41) is 0. The number of hydrogen-bond donors (Lipinski definition) is 0. The number of hydrogen-bond acceptors (Lipinski definition) is 1. The first-order valence-corrected chi connectivity index (χ1v) is 20.9. The molecule has 0 saturated carbocycles. The summed E-state index contributed by atoms with van der Waals surface area (Å²) in [5.74, 6) is 0.505. The van der Waals surface area contributed by atoms with Crippen molar-refractivity contribution in [3.05, 3.63) is 61.2 Å². The maximum absolute atomic E-state index is 13.9. The maximum atomic E-state index is 13.9. The second-order valence-corrected chi connectivity index (χ2v) is 23.8. The van der Waals surface area contributed by atoms with Gasteiger partial charge in [-0.05, 0) is 0 Å². The van der Waals surface area contributed by atoms with Crippen LogP contribution < -0.4 is 0 Å². The molecule has 1 saturated heterocycles. The third-order valence-corrected chi connectivity index (χ3v) is 24.7. The van der Waals surface area contributed by atoms with Crippen LogP contribution in [-0.2, 0) is 4.79 Å². The molecule has 1 aromatic carbocycles. The molecule has 0 spiro atoms. The van der Waals surface area contributed by atoms with Gasteiger partial charge in [0.25, 0.3) is 0 Å². The average Bonchev–Trinajstić information content (AvgIpc) is 3.14. The van der Waals surface area contributed by atoms with Gasteiger partial charge in [0.2, 0.25) is 0 Å². The van der Waals surface area contributed by atoms with E-state index in [2.05, 4.69) is 69.2 Å². The van der Waals surface area contributed by atoms with Gasteiger partial charge in [-0.3, -0.25) is 0 Å². The second kappa shape index (κ2) is 14.3. The Morgan fingerprint density at radius 2 is 1.53 bits per heavy atom. The topological polar surface area (TPSA) is 20.3 Å². The molecule has 3 atom stereocenters. The van der Waals surface area contributed by atoms with Crippen LogP contribution in [0.3, 0.4) is 0 Å². The molecule has 178 valence electrons. The predicted molar refractivity (Wildman–Crippen MR) is 142 cm³/mol. The molecule has 3 heteroatoms. The van der Waals surface area contributed by atoms with Gasteiger partial charge >= 0.3 is 203 Å². The van der Waals surface area contributed by atoms with Crippen LogP contribution in [0.25, 0.3) is 0 Å². The number of unbranched alkanes of at least 4 members (excludes halogenated alkanes) is 3. The summed E-state index contributed by atoms with van der Waals surface area (Å²) in [6, 6.07) is 10.8. The molecule has 1 fully saturated rings. The monoisotopic (exact) mass is 545 g/mol. The minimum atomic E-state index is -2.66. The van der Waals surface area contributed by atoms with Crippen LogP contribution in [0.15, 0.2) is 55.6 Å². The van der Waals surface area contributed by atoms with E-state index in [0.29, 0.717) is 9.96 Å². The van der Waals surface area contributed by atoms with Crippen molar-refractivity contribution in [3.8, 4) is 0 Å². The zero-order chi connectivity index (χ0) is 23.4. The Kier molecular flexibility index (Phi) is 12.1. The van der Waals surface area contributed by atoms with Crippen LogP contribution in [0.5, 0.6) is 0 Å². The van der Waals surface area contributed by atoms with Crippen molar-refractivity contribution >= 4 is 24.3 Å². The third-order valence-electron chi connectivity index (χ3n) is 7.60. The summed E-state index contributed by atoms with van der Waals surface area (Å²) in [6.07, 6.45) is 14.5. The molecule has 0 aromatic heterocycles. The Morgan fingerprint density at radius 1 is 0.969 bits per heavy atom. The van der Waals surface area contributed by atoms with E-state index in [1.165, 1.54) is 57.4 Å². The molecule has 1 unspecified atom stereocenters. The van der Waals surface area contributed by atoms with Crippen molar-refractivity contribution in [2.45, 2.75) is 102 Å². The van der Waals surface area contributed by atoms with E-state index in [1.807, 2.05) is 12.2 Å². The van der Waals surface area contributed by atoms with Crippen LogP contribution >= 0.6 is 0 Å². The third kappa shape index (κ3) is 6.74. The predicted octanol–water partition coefficient (Wildman–Crippen LogP) is 8.49. The van der Waals surface area contributed by atoms with E-state index < -0.39 is 18.4 Å². The number of carbonyl (C=O) groups excluding carboxylic acids is 1. The van der Waals surface area contributed by atoms with Crippen LogP contribution in [0.2, 0.25) is 13.3 Å². The Labute approximate surface area is 202 Å². The molecule has 1 aliphatic rings. The minimum absolute atomic E-state index is 0.120. The van der Waals surface area contributed by atoms with Gasteiger partial charge in [-0.15, -0.1) is 0 Å². The zero-order valence-corrected chi connectivity index (χ0v) is 23.9. The first-order valence-electron chi connectivity index (χ1n) is 13.2. The van der Waals surface area contributed by atoms with Crippen molar-refractivity contribution in [2.24, 2.45) is 5.92 Å². The summed E-state index contributed by atoms with van der Waals surface area (Å²) in [7, 11) is 0. The number of carbonyl (C=O) groups is 1. The van der Waals surface area contributed by atoms with Crippen molar-refractivity contribution in [3.63, 3.8) is 0 Å².